The summed E-state index contributed by atoms with van der Waals surface area (Å²) in [6.45, 7) is 2.61. The van der Waals surface area contributed by atoms with Gasteiger partial charge in [0.2, 0.25) is 0 Å². The van der Waals surface area contributed by atoms with Gasteiger partial charge in [0.25, 0.3) is 0 Å². The van der Waals surface area contributed by atoms with Crippen LogP contribution in [0.15, 0.2) is 108 Å². The van der Waals surface area contributed by atoms with Crippen LogP contribution >= 0.6 is 0 Å². The third kappa shape index (κ3) is 4.18. The highest BCUT2D eigenvalue weighted by Crippen LogP contribution is 2.44. The first-order valence-corrected chi connectivity index (χ1v) is 12.6. The Morgan fingerprint density at radius 1 is 0.865 bits per heavy atom. The quantitative estimate of drug-likeness (QED) is 0.270. The second-order valence-electron chi connectivity index (χ2n) is 9.61. The predicted octanol–water partition coefficient (Wildman–Crippen LogP) is 6.28. The summed E-state index contributed by atoms with van der Waals surface area (Å²) in [4.78, 5) is 8.45. The number of furan rings is 1. The molecule has 6 heteroatoms. The van der Waals surface area contributed by atoms with Crippen LogP contribution in [-0.4, -0.2) is 22.7 Å². The number of rotatable bonds is 7. The number of hydrogen-bond acceptors (Lipinski definition) is 6. The molecular weight excluding hydrogens is 462 g/mol. The minimum Gasteiger partial charge on any atom is -0.458 e. The van der Waals surface area contributed by atoms with E-state index in [1.807, 2.05) is 18.2 Å². The molecule has 1 aliphatic heterocycles. The van der Waals surface area contributed by atoms with Crippen LogP contribution in [0.3, 0.4) is 0 Å². The van der Waals surface area contributed by atoms with Gasteiger partial charge in [-0.2, -0.15) is 0 Å². The molecule has 2 N–H and O–H groups in total. The Kier molecular flexibility index (Phi) is 6.20. The number of anilines is 1. The molecule has 3 aromatic carbocycles. The maximum atomic E-state index is 7.00. The summed E-state index contributed by atoms with van der Waals surface area (Å²) in [5, 5.41) is 0. The maximum Gasteiger partial charge on any atom is 0.194 e. The Balaban J connectivity index is 1.34. The summed E-state index contributed by atoms with van der Waals surface area (Å²) >= 11 is 0. The van der Waals surface area contributed by atoms with Crippen LogP contribution in [0, 0.1) is 5.92 Å². The highest BCUT2D eigenvalue weighted by molar-refractivity contribution is 5.85. The number of fused-ring (bicyclic) bond motifs is 1. The van der Waals surface area contributed by atoms with Crippen molar-refractivity contribution in [2.24, 2.45) is 5.92 Å². The third-order valence-corrected chi connectivity index (χ3v) is 7.23. The van der Waals surface area contributed by atoms with Gasteiger partial charge < -0.3 is 19.6 Å². The van der Waals surface area contributed by atoms with Crippen molar-refractivity contribution in [2.45, 2.75) is 31.2 Å². The molecule has 1 saturated heterocycles. The van der Waals surface area contributed by atoms with Crippen molar-refractivity contribution in [1.82, 2.24) is 9.97 Å². The molecule has 0 aliphatic carbocycles. The molecule has 0 bridgehead atoms. The Labute approximate surface area is 216 Å². The molecule has 3 heterocycles. The van der Waals surface area contributed by atoms with Gasteiger partial charge in [0.15, 0.2) is 11.4 Å². The smallest absolute Gasteiger partial charge is 0.194 e. The summed E-state index contributed by atoms with van der Waals surface area (Å²) in [6.07, 6.45) is 3.75. The topological polar surface area (TPSA) is 83.4 Å². The Morgan fingerprint density at radius 3 is 2.00 bits per heavy atom. The fraction of sp³-hybridized carbons (Fsp3) is 0.226. The molecular formula is C31H29N3O3. The molecule has 6 nitrogen and oxygen atoms in total. The van der Waals surface area contributed by atoms with Gasteiger partial charge in [0.1, 0.15) is 17.4 Å². The summed E-state index contributed by atoms with van der Waals surface area (Å²) in [5.41, 5.74) is 10.5. The second-order valence-corrected chi connectivity index (χ2v) is 9.61. The molecule has 186 valence electrons. The molecule has 1 unspecified atom stereocenters. The fourth-order valence-electron chi connectivity index (χ4n) is 5.50. The Morgan fingerprint density at radius 2 is 1.43 bits per heavy atom. The molecule has 1 fully saturated rings. The Hall–Kier alpha value is -4.00. The van der Waals surface area contributed by atoms with Crippen molar-refractivity contribution in [1.29, 1.82) is 0 Å². The first-order chi connectivity index (χ1) is 18.2. The molecule has 0 saturated carbocycles. The molecule has 1 aliphatic rings. The zero-order chi connectivity index (χ0) is 25.2. The van der Waals surface area contributed by atoms with E-state index in [0.717, 1.165) is 28.7 Å². The van der Waals surface area contributed by atoms with Crippen LogP contribution < -0.4 is 5.73 Å². The van der Waals surface area contributed by atoms with E-state index in [1.54, 1.807) is 6.26 Å². The number of nitrogen functional groups attached to an aromatic ring is 1. The first kappa shape index (κ1) is 23.4. The molecule has 0 amide bonds. The van der Waals surface area contributed by atoms with E-state index in [-0.39, 0.29) is 18.1 Å². The molecule has 5 aromatic rings. The lowest BCUT2D eigenvalue weighted by atomic mass is 9.80. The Bertz CT molecular complexity index is 1370. The van der Waals surface area contributed by atoms with Crippen molar-refractivity contribution < 1.29 is 13.9 Å². The van der Waals surface area contributed by atoms with E-state index in [2.05, 4.69) is 89.7 Å². The van der Waals surface area contributed by atoms with Gasteiger partial charge >= 0.3 is 0 Å². The SMILES string of the molecule is CC1C[C@@H](COC(c2ccccc2)(c2ccccc2)c2ccccc2)O[C@H]1c1coc2c(N)ncnc12. The normalized spacial score (nSPS) is 19.9. The van der Waals surface area contributed by atoms with Crippen LogP contribution in [0.5, 0.6) is 0 Å². The fourth-order valence-corrected chi connectivity index (χ4v) is 5.50. The minimum absolute atomic E-state index is 0.0976. The lowest BCUT2D eigenvalue weighted by molar-refractivity contribution is -0.0635. The molecule has 3 atom stereocenters. The molecule has 37 heavy (non-hydrogen) atoms. The summed E-state index contributed by atoms with van der Waals surface area (Å²) < 4.78 is 19.3. The number of hydrogen-bond donors (Lipinski definition) is 1. The zero-order valence-corrected chi connectivity index (χ0v) is 20.7. The lowest BCUT2D eigenvalue weighted by Gasteiger charge is -2.36. The van der Waals surface area contributed by atoms with Gasteiger partial charge in [0.05, 0.1) is 25.1 Å². The van der Waals surface area contributed by atoms with Gasteiger partial charge in [-0.25, -0.2) is 9.97 Å². The summed E-state index contributed by atoms with van der Waals surface area (Å²) in [6, 6.07) is 31.2. The van der Waals surface area contributed by atoms with Gasteiger partial charge in [-0.05, 0) is 29.0 Å². The van der Waals surface area contributed by atoms with Crippen molar-refractivity contribution in [3.63, 3.8) is 0 Å². The van der Waals surface area contributed by atoms with Crippen LogP contribution in [0.2, 0.25) is 0 Å². The van der Waals surface area contributed by atoms with E-state index in [4.69, 9.17) is 19.6 Å². The van der Waals surface area contributed by atoms with E-state index in [0.29, 0.717) is 23.5 Å². The highest BCUT2D eigenvalue weighted by atomic mass is 16.6. The zero-order valence-electron chi connectivity index (χ0n) is 20.7. The van der Waals surface area contributed by atoms with Crippen molar-refractivity contribution in [2.75, 3.05) is 12.3 Å². The van der Waals surface area contributed by atoms with Crippen molar-refractivity contribution in [3.05, 3.63) is 126 Å². The van der Waals surface area contributed by atoms with E-state index >= 15 is 0 Å². The van der Waals surface area contributed by atoms with Gasteiger partial charge in [-0.3, -0.25) is 0 Å². The molecule has 0 spiro atoms. The number of ether oxygens (including phenoxy) is 2. The largest absolute Gasteiger partial charge is 0.458 e. The van der Waals surface area contributed by atoms with E-state index < -0.39 is 5.60 Å². The summed E-state index contributed by atoms with van der Waals surface area (Å²) in [7, 11) is 0. The van der Waals surface area contributed by atoms with E-state index in [1.165, 1.54) is 6.33 Å². The van der Waals surface area contributed by atoms with Gasteiger partial charge in [-0.15, -0.1) is 0 Å². The van der Waals surface area contributed by atoms with Crippen LogP contribution in [0.4, 0.5) is 5.82 Å². The van der Waals surface area contributed by atoms with Crippen LogP contribution in [0.25, 0.3) is 11.1 Å². The average molecular weight is 492 g/mol. The minimum atomic E-state index is -0.779. The molecule has 2 aromatic heterocycles. The van der Waals surface area contributed by atoms with Gasteiger partial charge in [0, 0.05) is 5.56 Å². The van der Waals surface area contributed by atoms with Crippen LogP contribution in [-0.2, 0) is 15.1 Å². The monoisotopic (exact) mass is 491 g/mol. The number of benzene rings is 3. The van der Waals surface area contributed by atoms with Gasteiger partial charge in [-0.1, -0.05) is 97.9 Å². The average Bonchev–Trinajstić information content (AvgIpc) is 3.54. The van der Waals surface area contributed by atoms with Crippen molar-refractivity contribution >= 4 is 16.9 Å². The number of nitrogens with two attached hydrogens (primary N) is 1. The van der Waals surface area contributed by atoms with E-state index in [9.17, 15) is 0 Å². The highest BCUT2D eigenvalue weighted by Gasteiger charge is 2.41. The second kappa shape index (κ2) is 9.81. The predicted molar refractivity (Wildman–Crippen MR) is 143 cm³/mol. The third-order valence-electron chi connectivity index (χ3n) is 7.23. The number of nitrogens with zero attached hydrogens (tertiary/aromatic N) is 2. The maximum absolute atomic E-state index is 7.00. The molecule has 6 rings (SSSR count). The lowest BCUT2D eigenvalue weighted by Crippen LogP contribution is -2.35. The molecule has 0 radical (unpaired) electrons. The first-order valence-electron chi connectivity index (χ1n) is 12.6. The standard InChI is InChI=1S/C31H29N3O3/c1-21-17-25(37-28(21)26-19-35-29-27(26)33-20-34-30(29)32)18-36-31(22-11-5-2-6-12-22,23-13-7-3-8-14-23)24-15-9-4-10-16-24/h2-16,19-21,25,28H,17-18H2,1H3,(H2,32,33,34)/t21?,25-,28+/m0/s1. The van der Waals surface area contributed by atoms with Crippen molar-refractivity contribution in [3.8, 4) is 0 Å². The summed E-state index contributed by atoms with van der Waals surface area (Å²) in [5.74, 6) is 0.588. The number of aromatic nitrogens is 2. The van der Waals surface area contributed by atoms with Crippen LogP contribution in [0.1, 0.15) is 41.7 Å².